The summed E-state index contributed by atoms with van der Waals surface area (Å²) < 4.78 is 2.04. The van der Waals surface area contributed by atoms with Gasteiger partial charge in [-0.25, -0.2) is 0 Å². The molecular weight excluding hydrogens is 382 g/mol. The topological polar surface area (TPSA) is 71.8 Å². The van der Waals surface area contributed by atoms with Crippen LogP contribution in [-0.2, 0) is 17.9 Å². The van der Waals surface area contributed by atoms with Gasteiger partial charge in [0, 0.05) is 17.9 Å². The maximum absolute atomic E-state index is 12.3. The van der Waals surface area contributed by atoms with Crippen molar-refractivity contribution in [1.82, 2.24) is 14.8 Å². The maximum Gasteiger partial charge on any atom is 0.234 e. The van der Waals surface area contributed by atoms with E-state index in [2.05, 4.69) is 59.8 Å². The summed E-state index contributed by atoms with van der Waals surface area (Å²) in [5.74, 6) is 1.09. The first-order chi connectivity index (χ1) is 14.0. The summed E-state index contributed by atoms with van der Waals surface area (Å²) in [6, 6.07) is 14.1. The molecule has 0 radical (unpaired) electrons. The number of aryl methyl sites for hydroxylation is 3. The van der Waals surface area contributed by atoms with Crippen molar-refractivity contribution in [3.63, 3.8) is 0 Å². The summed E-state index contributed by atoms with van der Waals surface area (Å²) in [7, 11) is 0. The number of para-hydroxylation sites is 1. The Bertz CT molecular complexity index is 999. The molecule has 0 unspecified atom stereocenters. The number of thioether (sulfide) groups is 1. The summed E-state index contributed by atoms with van der Waals surface area (Å²) in [4.78, 5) is 12.3. The number of nitrogens with one attached hydrogen (secondary N) is 2. The molecule has 1 amide bonds. The molecule has 0 saturated heterocycles. The molecule has 152 valence electrons. The molecule has 6 nitrogen and oxygen atoms in total. The third-order valence-corrected chi connectivity index (χ3v) is 5.65. The van der Waals surface area contributed by atoms with Crippen molar-refractivity contribution in [3.8, 4) is 0 Å². The van der Waals surface area contributed by atoms with E-state index in [0.29, 0.717) is 6.54 Å². The van der Waals surface area contributed by atoms with Crippen LogP contribution in [0.3, 0.4) is 0 Å². The molecule has 0 aliphatic heterocycles. The Kier molecular flexibility index (Phi) is 6.93. The van der Waals surface area contributed by atoms with E-state index >= 15 is 0 Å². The number of aromatic nitrogens is 3. The Morgan fingerprint density at radius 3 is 2.55 bits per heavy atom. The predicted molar refractivity (Wildman–Crippen MR) is 119 cm³/mol. The molecule has 2 N–H and O–H groups in total. The van der Waals surface area contributed by atoms with Crippen LogP contribution in [0.1, 0.15) is 29.4 Å². The molecule has 3 rings (SSSR count). The largest absolute Gasteiger partial charge is 0.378 e. The Balaban J connectivity index is 1.60. The van der Waals surface area contributed by atoms with Gasteiger partial charge in [-0.05, 0) is 51.0 Å². The highest BCUT2D eigenvalue weighted by Crippen LogP contribution is 2.21. The predicted octanol–water partition coefficient (Wildman–Crippen LogP) is 4.57. The second-order valence-corrected chi connectivity index (χ2v) is 7.91. The van der Waals surface area contributed by atoms with Crippen LogP contribution >= 0.6 is 11.8 Å². The van der Waals surface area contributed by atoms with Gasteiger partial charge in [-0.2, -0.15) is 0 Å². The monoisotopic (exact) mass is 409 g/mol. The zero-order valence-electron chi connectivity index (χ0n) is 17.3. The van der Waals surface area contributed by atoms with Crippen LogP contribution in [0.15, 0.2) is 47.6 Å². The molecule has 0 aliphatic rings. The van der Waals surface area contributed by atoms with Crippen LogP contribution in [0, 0.1) is 20.8 Å². The summed E-state index contributed by atoms with van der Waals surface area (Å²) in [6.07, 6.45) is 0. The minimum atomic E-state index is -0.0510. The van der Waals surface area contributed by atoms with Gasteiger partial charge in [0.1, 0.15) is 0 Å². The molecule has 3 aromatic rings. The van der Waals surface area contributed by atoms with Crippen LogP contribution < -0.4 is 10.6 Å². The number of hydrogen-bond donors (Lipinski definition) is 2. The number of hydrogen-bond acceptors (Lipinski definition) is 5. The van der Waals surface area contributed by atoms with Gasteiger partial charge >= 0.3 is 0 Å². The molecule has 7 heteroatoms. The van der Waals surface area contributed by atoms with Crippen molar-refractivity contribution in [2.45, 2.75) is 45.9 Å². The third kappa shape index (κ3) is 5.38. The van der Waals surface area contributed by atoms with Gasteiger partial charge in [-0.1, -0.05) is 47.7 Å². The minimum Gasteiger partial charge on any atom is -0.378 e. The van der Waals surface area contributed by atoms with Gasteiger partial charge in [0.05, 0.1) is 12.3 Å². The molecule has 0 spiro atoms. The van der Waals surface area contributed by atoms with E-state index in [0.717, 1.165) is 34.5 Å². The molecule has 1 aromatic heterocycles. The van der Waals surface area contributed by atoms with E-state index in [1.165, 1.54) is 22.9 Å². The van der Waals surface area contributed by atoms with E-state index in [1.807, 2.05) is 35.8 Å². The third-order valence-electron chi connectivity index (χ3n) is 4.68. The van der Waals surface area contributed by atoms with Crippen LogP contribution in [0.5, 0.6) is 0 Å². The molecule has 0 aliphatic carbocycles. The lowest BCUT2D eigenvalue weighted by molar-refractivity contribution is -0.113. The second kappa shape index (κ2) is 9.60. The van der Waals surface area contributed by atoms with Crippen LogP contribution in [-0.4, -0.2) is 26.4 Å². The average molecular weight is 410 g/mol. The fourth-order valence-corrected chi connectivity index (χ4v) is 3.91. The zero-order chi connectivity index (χ0) is 20.8. The SMILES string of the molecule is CCn1c(CNc2ccc(C)cc2C)nnc1SCC(=O)Nc1ccccc1C. The van der Waals surface area contributed by atoms with Gasteiger partial charge in [0.15, 0.2) is 11.0 Å². The van der Waals surface area contributed by atoms with Gasteiger partial charge in [-0.15, -0.1) is 10.2 Å². The standard InChI is InChI=1S/C22H27N5OS/c1-5-27-20(13-23-18-11-10-15(2)12-17(18)4)25-26-22(27)29-14-21(28)24-19-9-7-6-8-16(19)3/h6-12,23H,5,13-14H2,1-4H3,(H,24,28). The van der Waals surface area contributed by atoms with Gasteiger partial charge in [0.2, 0.25) is 5.91 Å². The van der Waals surface area contributed by atoms with Crippen molar-refractivity contribution in [2.24, 2.45) is 0 Å². The molecule has 2 aromatic carbocycles. The van der Waals surface area contributed by atoms with Gasteiger partial charge in [0.25, 0.3) is 0 Å². The molecule has 0 atom stereocenters. The summed E-state index contributed by atoms with van der Waals surface area (Å²) >= 11 is 1.40. The maximum atomic E-state index is 12.3. The molecule has 0 fully saturated rings. The van der Waals surface area contributed by atoms with Crippen molar-refractivity contribution < 1.29 is 4.79 Å². The first-order valence-corrected chi connectivity index (χ1v) is 10.7. The van der Waals surface area contributed by atoms with Crippen molar-refractivity contribution in [3.05, 3.63) is 65.0 Å². The number of benzene rings is 2. The number of rotatable bonds is 8. The molecule has 0 saturated carbocycles. The Hall–Kier alpha value is -2.80. The second-order valence-electron chi connectivity index (χ2n) is 6.97. The van der Waals surface area contributed by atoms with E-state index in [1.54, 1.807) is 0 Å². The van der Waals surface area contributed by atoms with E-state index < -0.39 is 0 Å². The lowest BCUT2D eigenvalue weighted by Gasteiger charge is -2.11. The molecule has 1 heterocycles. The van der Waals surface area contributed by atoms with Crippen molar-refractivity contribution in [1.29, 1.82) is 0 Å². The summed E-state index contributed by atoms with van der Waals surface area (Å²) in [5, 5.41) is 15.8. The molecular formula is C22H27N5OS. The molecule has 29 heavy (non-hydrogen) atoms. The number of nitrogens with zero attached hydrogens (tertiary/aromatic N) is 3. The highest BCUT2D eigenvalue weighted by Gasteiger charge is 2.14. The molecule has 0 bridgehead atoms. The Labute approximate surface area is 176 Å². The summed E-state index contributed by atoms with van der Waals surface area (Å²) in [5.41, 5.74) is 5.42. The fraction of sp³-hybridized carbons (Fsp3) is 0.318. The van der Waals surface area contributed by atoms with Gasteiger partial charge in [-0.3, -0.25) is 4.79 Å². The first kappa shape index (κ1) is 20.9. The van der Waals surface area contributed by atoms with E-state index in [9.17, 15) is 4.79 Å². The van der Waals surface area contributed by atoms with Crippen molar-refractivity contribution >= 4 is 29.0 Å². The van der Waals surface area contributed by atoms with E-state index in [4.69, 9.17) is 0 Å². The number of carbonyl (C=O) groups is 1. The average Bonchev–Trinajstić information content (AvgIpc) is 3.09. The van der Waals surface area contributed by atoms with Gasteiger partial charge < -0.3 is 15.2 Å². The highest BCUT2D eigenvalue weighted by atomic mass is 32.2. The van der Waals surface area contributed by atoms with Crippen LogP contribution in [0.4, 0.5) is 11.4 Å². The number of anilines is 2. The van der Waals surface area contributed by atoms with Crippen LogP contribution in [0.25, 0.3) is 0 Å². The van der Waals surface area contributed by atoms with E-state index in [-0.39, 0.29) is 11.7 Å². The quantitative estimate of drug-likeness (QED) is 0.534. The fourth-order valence-electron chi connectivity index (χ4n) is 3.09. The normalized spacial score (nSPS) is 10.8. The smallest absolute Gasteiger partial charge is 0.234 e. The lowest BCUT2D eigenvalue weighted by atomic mass is 10.1. The first-order valence-electron chi connectivity index (χ1n) is 9.69. The van der Waals surface area contributed by atoms with Crippen molar-refractivity contribution in [2.75, 3.05) is 16.4 Å². The zero-order valence-corrected chi connectivity index (χ0v) is 18.1. The Morgan fingerprint density at radius 1 is 1.03 bits per heavy atom. The summed E-state index contributed by atoms with van der Waals surface area (Å²) in [6.45, 7) is 9.55. The lowest BCUT2D eigenvalue weighted by Crippen LogP contribution is -2.15. The number of amides is 1. The Morgan fingerprint density at radius 2 is 1.83 bits per heavy atom. The highest BCUT2D eigenvalue weighted by molar-refractivity contribution is 7.99. The minimum absolute atomic E-state index is 0.0510. The number of carbonyl (C=O) groups excluding carboxylic acids is 1. The van der Waals surface area contributed by atoms with Crippen LogP contribution in [0.2, 0.25) is 0 Å².